The predicted octanol–water partition coefficient (Wildman–Crippen LogP) is -0.128. The number of hydrogen-bond donors (Lipinski definition) is 5. The molecule has 9 nitrogen and oxygen atoms in total. The van der Waals surface area contributed by atoms with Crippen molar-refractivity contribution in [1.82, 2.24) is 15.0 Å². The van der Waals surface area contributed by atoms with Gasteiger partial charge in [-0.2, -0.15) is 0 Å². The van der Waals surface area contributed by atoms with Gasteiger partial charge in [0.2, 0.25) is 10.0 Å². The zero-order valence-corrected chi connectivity index (χ0v) is 17.8. The maximum absolute atomic E-state index is 12.9. The number of nitrogens with zero attached hydrogens (tertiary/aromatic N) is 1. The van der Waals surface area contributed by atoms with Crippen molar-refractivity contribution in [2.24, 2.45) is 5.41 Å². The van der Waals surface area contributed by atoms with Crippen LogP contribution in [-0.2, 0) is 10.0 Å². The number of aromatic nitrogens is 1. The number of benzene rings is 1. The number of β-amino-alcohol motifs (C(OH)–C–C–N with tert-alkyl or cyclic N) is 1. The minimum atomic E-state index is -3.94. The Balaban J connectivity index is 1.73. The zero-order chi connectivity index (χ0) is 22.1. The molecule has 4 rings (SSSR count). The number of nitrogens with one attached hydrogen (secondary N) is 2. The SMILES string of the molecule is O=S1(=O)NC[C@H](O)CNCC2(COc3cc(-c4cccnc4)ccc31)C[C@@H](O)[C@@H](O)C2. The topological polar surface area (TPSA) is 141 Å². The molecule has 1 saturated carbocycles. The maximum atomic E-state index is 12.9. The minimum Gasteiger partial charge on any atom is -0.492 e. The van der Waals surface area contributed by atoms with Gasteiger partial charge in [-0.1, -0.05) is 12.1 Å². The number of rotatable bonds is 1. The lowest BCUT2D eigenvalue weighted by atomic mass is 9.86. The Kier molecular flexibility index (Phi) is 6.29. The van der Waals surface area contributed by atoms with Gasteiger partial charge in [-0.25, -0.2) is 13.1 Å². The lowest BCUT2D eigenvalue weighted by molar-refractivity contribution is 0.0438. The van der Waals surface area contributed by atoms with Gasteiger partial charge in [-0.3, -0.25) is 4.98 Å². The van der Waals surface area contributed by atoms with Crippen LogP contribution in [0, 0.1) is 5.41 Å². The smallest absolute Gasteiger partial charge is 0.244 e. The summed E-state index contributed by atoms with van der Waals surface area (Å²) in [7, 11) is -3.94. The van der Waals surface area contributed by atoms with Gasteiger partial charge in [0, 0.05) is 43.0 Å². The lowest BCUT2D eigenvalue weighted by Crippen LogP contribution is -2.44. The van der Waals surface area contributed by atoms with Gasteiger partial charge in [0.1, 0.15) is 10.6 Å². The number of pyridine rings is 1. The Bertz CT molecular complexity index is 1010. The van der Waals surface area contributed by atoms with E-state index in [1.54, 1.807) is 30.6 Å². The van der Waals surface area contributed by atoms with Crippen molar-refractivity contribution >= 4 is 10.0 Å². The summed E-state index contributed by atoms with van der Waals surface area (Å²) in [6.45, 7) is 0.520. The van der Waals surface area contributed by atoms with E-state index in [1.165, 1.54) is 6.07 Å². The van der Waals surface area contributed by atoms with Crippen molar-refractivity contribution in [3.8, 4) is 16.9 Å². The van der Waals surface area contributed by atoms with E-state index in [0.29, 0.717) is 19.4 Å². The molecular weight excluding hydrogens is 422 g/mol. The highest BCUT2D eigenvalue weighted by Gasteiger charge is 2.45. The van der Waals surface area contributed by atoms with E-state index >= 15 is 0 Å². The summed E-state index contributed by atoms with van der Waals surface area (Å²) in [5.41, 5.74) is 0.952. The number of aliphatic hydroxyl groups is 3. The van der Waals surface area contributed by atoms with E-state index in [2.05, 4.69) is 15.0 Å². The molecule has 5 N–H and O–H groups in total. The normalized spacial score (nSPS) is 31.3. The van der Waals surface area contributed by atoms with Crippen LogP contribution in [0.3, 0.4) is 0 Å². The Morgan fingerprint density at radius 2 is 1.84 bits per heavy atom. The molecule has 0 saturated heterocycles. The molecule has 2 heterocycles. The highest BCUT2D eigenvalue weighted by atomic mass is 32.2. The highest BCUT2D eigenvalue weighted by Crippen LogP contribution is 2.40. The van der Waals surface area contributed by atoms with Crippen LogP contribution in [0.1, 0.15) is 12.8 Å². The van der Waals surface area contributed by atoms with E-state index in [0.717, 1.165) is 11.1 Å². The van der Waals surface area contributed by atoms with Gasteiger partial charge in [-0.05, 0) is 36.6 Å². The van der Waals surface area contributed by atoms with Gasteiger partial charge < -0.3 is 25.4 Å². The van der Waals surface area contributed by atoms with Crippen LogP contribution in [0.2, 0.25) is 0 Å². The second-order valence-electron chi connectivity index (χ2n) is 8.37. The van der Waals surface area contributed by atoms with Crippen LogP contribution in [0.5, 0.6) is 5.75 Å². The molecule has 1 spiro atoms. The van der Waals surface area contributed by atoms with Crippen LogP contribution < -0.4 is 14.8 Å². The van der Waals surface area contributed by atoms with Gasteiger partial charge in [0.25, 0.3) is 0 Å². The fraction of sp³-hybridized carbons (Fsp3) is 0.476. The summed E-state index contributed by atoms with van der Waals surface area (Å²) in [5.74, 6) is 0.166. The average Bonchev–Trinajstić information content (AvgIpc) is 3.04. The molecule has 1 fully saturated rings. The van der Waals surface area contributed by atoms with Crippen LogP contribution in [0.4, 0.5) is 0 Å². The molecule has 1 aliphatic carbocycles. The first-order valence-corrected chi connectivity index (χ1v) is 11.7. The first kappa shape index (κ1) is 22.1. The maximum Gasteiger partial charge on any atom is 0.244 e. The van der Waals surface area contributed by atoms with E-state index in [9.17, 15) is 23.7 Å². The molecule has 2 aromatic rings. The second kappa shape index (κ2) is 8.81. The predicted molar refractivity (Wildman–Crippen MR) is 113 cm³/mol. The van der Waals surface area contributed by atoms with Gasteiger partial charge in [-0.15, -0.1) is 0 Å². The number of fused-ring (bicyclic) bond motifs is 1. The van der Waals surface area contributed by atoms with Crippen molar-refractivity contribution in [3.05, 3.63) is 42.7 Å². The Morgan fingerprint density at radius 1 is 1.06 bits per heavy atom. The summed E-state index contributed by atoms with van der Waals surface area (Å²) in [4.78, 5) is 4.07. The third-order valence-electron chi connectivity index (χ3n) is 5.88. The van der Waals surface area contributed by atoms with Crippen molar-refractivity contribution in [3.63, 3.8) is 0 Å². The number of hydrogen-bond acceptors (Lipinski definition) is 8. The Hall–Kier alpha value is -2.08. The second-order valence-corrected chi connectivity index (χ2v) is 10.1. The summed E-state index contributed by atoms with van der Waals surface area (Å²) < 4.78 is 34.3. The van der Waals surface area contributed by atoms with Crippen molar-refractivity contribution in [2.75, 3.05) is 26.2 Å². The summed E-state index contributed by atoms with van der Waals surface area (Å²) in [6, 6.07) is 8.46. The van der Waals surface area contributed by atoms with Crippen LogP contribution >= 0.6 is 0 Å². The van der Waals surface area contributed by atoms with Crippen molar-refractivity contribution < 1.29 is 28.5 Å². The molecular formula is C21H27N3O6S. The molecule has 1 aromatic carbocycles. The Morgan fingerprint density at radius 3 is 2.55 bits per heavy atom. The quantitative estimate of drug-likeness (QED) is 0.406. The van der Waals surface area contributed by atoms with E-state index in [4.69, 9.17) is 4.74 Å². The first-order valence-electron chi connectivity index (χ1n) is 10.2. The molecule has 0 amide bonds. The summed E-state index contributed by atoms with van der Waals surface area (Å²) in [6.07, 6.45) is 1.25. The zero-order valence-electron chi connectivity index (χ0n) is 16.9. The first-order chi connectivity index (χ1) is 14.8. The fourth-order valence-corrected chi connectivity index (χ4v) is 5.40. The number of sulfonamides is 1. The number of aliphatic hydroxyl groups excluding tert-OH is 3. The highest BCUT2D eigenvalue weighted by molar-refractivity contribution is 7.89. The van der Waals surface area contributed by atoms with Crippen LogP contribution in [0.25, 0.3) is 11.1 Å². The molecule has 0 bridgehead atoms. The standard InChI is InChI=1S/C21H27N3O6S/c25-16-10-23-12-21(7-17(26)18(27)8-21)13-30-19-6-14(15-2-1-5-22-9-15)3-4-20(19)31(28,29)24-11-16/h1-6,9,16-18,23-27H,7-8,10-13H2/t16-,17-,18+,21?/m1/s1. The lowest BCUT2D eigenvalue weighted by Gasteiger charge is -2.31. The van der Waals surface area contributed by atoms with Crippen molar-refractivity contribution in [1.29, 1.82) is 0 Å². The Labute approximate surface area is 181 Å². The molecule has 10 heteroatoms. The molecule has 0 radical (unpaired) electrons. The van der Waals surface area contributed by atoms with Crippen LogP contribution in [-0.4, -0.2) is 73.3 Å². The third-order valence-corrected chi connectivity index (χ3v) is 7.34. The van der Waals surface area contributed by atoms with Crippen LogP contribution in [0.15, 0.2) is 47.6 Å². The third kappa shape index (κ3) is 4.89. The molecule has 1 unspecified atom stereocenters. The van der Waals surface area contributed by atoms with Gasteiger partial charge in [0.15, 0.2) is 0 Å². The minimum absolute atomic E-state index is 0.0323. The molecule has 1 aromatic heterocycles. The van der Waals surface area contributed by atoms with E-state index < -0.39 is 33.8 Å². The van der Waals surface area contributed by atoms with Gasteiger partial charge >= 0.3 is 0 Å². The molecule has 168 valence electrons. The fourth-order valence-electron chi connectivity index (χ4n) is 4.20. The van der Waals surface area contributed by atoms with E-state index in [1.807, 2.05) is 6.07 Å². The average molecular weight is 450 g/mol. The summed E-state index contributed by atoms with van der Waals surface area (Å²) >= 11 is 0. The van der Waals surface area contributed by atoms with E-state index in [-0.39, 0.29) is 30.3 Å². The monoisotopic (exact) mass is 449 g/mol. The molecule has 2 aliphatic rings. The summed E-state index contributed by atoms with van der Waals surface area (Å²) in [5, 5.41) is 33.6. The van der Waals surface area contributed by atoms with Crippen molar-refractivity contribution in [2.45, 2.75) is 36.0 Å². The van der Waals surface area contributed by atoms with Gasteiger partial charge in [0.05, 0.1) is 24.9 Å². The number of ether oxygens (including phenoxy) is 1. The molecule has 4 atom stereocenters. The molecule has 1 aliphatic heterocycles. The largest absolute Gasteiger partial charge is 0.492 e. The molecule has 31 heavy (non-hydrogen) atoms.